The number of carbonyl (C=O) groups is 2. The minimum atomic E-state index is -0.103. The fraction of sp³-hybridized carbons (Fsp3) is 0.579. The molecule has 138 valence electrons. The summed E-state index contributed by atoms with van der Waals surface area (Å²) in [6.07, 6.45) is 2.29. The van der Waals surface area contributed by atoms with Gasteiger partial charge in [-0.25, -0.2) is 0 Å². The van der Waals surface area contributed by atoms with Crippen LogP contribution < -0.4 is 15.0 Å². The molecule has 0 aliphatic carbocycles. The lowest BCUT2D eigenvalue weighted by molar-refractivity contribution is -0.906. The Hall–Kier alpha value is -2.08. The van der Waals surface area contributed by atoms with Gasteiger partial charge in [0, 0.05) is 0 Å². The van der Waals surface area contributed by atoms with E-state index in [9.17, 15) is 9.59 Å². The zero-order chi connectivity index (χ0) is 18.2. The van der Waals surface area contributed by atoms with Gasteiger partial charge in [0.1, 0.15) is 11.7 Å². The summed E-state index contributed by atoms with van der Waals surface area (Å²) in [6.45, 7) is 6.69. The molecular formula is C19H29N2O4+. The van der Waals surface area contributed by atoms with E-state index in [1.54, 1.807) is 7.11 Å². The van der Waals surface area contributed by atoms with E-state index in [4.69, 9.17) is 9.47 Å². The van der Waals surface area contributed by atoms with Crippen LogP contribution in [0, 0.1) is 12.8 Å². The molecule has 1 aromatic rings. The number of nitrogens with one attached hydrogen (secondary N) is 2. The quantitative estimate of drug-likeness (QED) is 0.726. The van der Waals surface area contributed by atoms with Gasteiger partial charge in [0.25, 0.3) is 0 Å². The molecule has 0 saturated carbocycles. The molecule has 1 aromatic carbocycles. The first-order valence-corrected chi connectivity index (χ1v) is 8.98. The van der Waals surface area contributed by atoms with E-state index < -0.39 is 0 Å². The normalized spacial score (nSPS) is 20.0. The maximum Gasteiger partial charge on any atom is 0.314 e. The number of quaternary nitrogens is 1. The third-order valence-electron chi connectivity index (χ3n) is 4.57. The van der Waals surface area contributed by atoms with Crippen molar-refractivity contribution in [3.8, 4) is 5.75 Å². The molecule has 0 bridgehead atoms. The standard InChI is InChI=1S/C19H28N2O4/c1-4-25-19(23)15-6-5-10-21(13-15)11-9-18(22)20-16-12-14(2)7-8-17(16)24-3/h7-8,12,15H,4-6,9-11,13H2,1-3H3,(H,20,22)/p+1/t15-/m0/s1. The Morgan fingerprint density at radius 1 is 1.36 bits per heavy atom. The zero-order valence-corrected chi connectivity index (χ0v) is 15.4. The van der Waals surface area contributed by atoms with Crippen LogP contribution in [-0.2, 0) is 14.3 Å². The fourth-order valence-corrected chi connectivity index (χ4v) is 3.26. The number of benzene rings is 1. The molecule has 2 rings (SSSR count). The first-order valence-electron chi connectivity index (χ1n) is 8.98. The molecule has 0 spiro atoms. The van der Waals surface area contributed by atoms with Gasteiger partial charge in [-0.15, -0.1) is 0 Å². The van der Waals surface area contributed by atoms with Gasteiger partial charge in [0.05, 0.1) is 45.5 Å². The number of piperidine rings is 1. The summed E-state index contributed by atoms with van der Waals surface area (Å²) in [6, 6.07) is 5.70. The summed E-state index contributed by atoms with van der Waals surface area (Å²) in [7, 11) is 1.59. The molecule has 1 aliphatic rings. The van der Waals surface area contributed by atoms with Crippen LogP contribution in [0.25, 0.3) is 0 Å². The van der Waals surface area contributed by atoms with Crippen molar-refractivity contribution in [2.45, 2.75) is 33.1 Å². The Balaban J connectivity index is 1.83. The highest BCUT2D eigenvalue weighted by Crippen LogP contribution is 2.25. The molecule has 2 atom stereocenters. The molecule has 1 amide bonds. The topological polar surface area (TPSA) is 69.1 Å². The maximum atomic E-state index is 12.3. The van der Waals surface area contributed by atoms with Crippen molar-refractivity contribution in [2.24, 2.45) is 5.92 Å². The summed E-state index contributed by atoms with van der Waals surface area (Å²) in [4.78, 5) is 25.5. The molecule has 1 fully saturated rings. The maximum absolute atomic E-state index is 12.3. The summed E-state index contributed by atoms with van der Waals surface area (Å²) < 4.78 is 10.4. The number of ether oxygens (including phenoxy) is 2. The number of aryl methyl sites for hydroxylation is 1. The summed E-state index contributed by atoms with van der Waals surface area (Å²) in [5.41, 5.74) is 1.76. The second-order valence-electron chi connectivity index (χ2n) is 6.55. The van der Waals surface area contributed by atoms with E-state index in [2.05, 4.69) is 5.32 Å². The largest absolute Gasteiger partial charge is 0.495 e. The fourth-order valence-electron chi connectivity index (χ4n) is 3.26. The number of hydrogen-bond acceptors (Lipinski definition) is 4. The summed E-state index contributed by atoms with van der Waals surface area (Å²) in [5, 5.41) is 2.93. The first kappa shape index (κ1) is 19.2. The van der Waals surface area contributed by atoms with Crippen molar-refractivity contribution >= 4 is 17.6 Å². The van der Waals surface area contributed by atoms with Crippen LogP contribution in [0.3, 0.4) is 0 Å². The van der Waals surface area contributed by atoms with E-state index in [-0.39, 0.29) is 17.8 Å². The van der Waals surface area contributed by atoms with Crippen LogP contribution >= 0.6 is 0 Å². The van der Waals surface area contributed by atoms with Gasteiger partial charge in [-0.3, -0.25) is 9.59 Å². The van der Waals surface area contributed by atoms with E-state index in [0.29, 0.717) is 24.5 Å². The van der Waals surface area contributed by atoms with Crippen LogP contribution in [0.15, 0.2) is 18.2 Å². The van der Waals surface area contributed by atoms with Crippen LogP contribution in [0.1, 0.15) is 31.7 Å². The average Bonchev–Trinajstić information content (AvgIpc) is 2.61. The van der Waals surface area contributed by atoms with Crippen LogP contribution in [0.5, 0.6) is 5.75 Å². The predicted octanol–water partition coefficient (Wildman–Crippen LogP) is 1.19. The molecule has 1 saturated heterocycles. The van der Waals surface area contributed by atoms with E-state index in [1.165, 1.54) is 4.90 Å². The molecule has 6 heteroatoms. The average molecular weight is 349 g/mol. The van der Waals surface area contributed by atoms with Crippen molar-refractivity contribution in [3.05, 3.63) is 23.8 Å². The smallest absolute Gasteiger partial charge is 0.314 e. The Bertz CT molecular complexity index is 603. The summed E-state index contributed by atoms with van der Waals surface area (Å²) >= 11 is 0. The monoisotopic (exact) mass is 349 g/mol. The van der Waals surface area contributed by atoms with Crippen molar-refractivity contribution in [2.75, 3.05) is 38.7 Å². The van der Waals surface area contributed by atoms with Gasteiger partial charge in [-0.1, -0.05) is 6.07 Å². The number of hydrogen-bond donors (Lipinski definition) is 2. The third kappa shape index (κ3) is 5.74. The SMILES string of the molecule is CCOC(=O)[C@H]1CCC[NH+](CCC(=O)Nc2cc(C)ccc2OC)C1. The lowest BCUT2D eigenvalue weighted by Crippen LogP contribution is -3.13. The second-order valence-corrected chi connectivity index (χ2v) is 6.55. The number of anilines is 1. The number of carbonyl (C=O) groups excluding carboxylic acids is 2. The Morgan fingerprint density at radius 3 is 2.88 bits per heavy atom. The van der Waals surface area contributed by atoms with Crippen molar-refractivity contribution in [1.29, 1.82) is 0 Å². The van der Waals surface area contributed by atoms with Gasteiger partial charge in [-0.05, 0) is 44.4 Å². The highest BCUT2D eigenvalue weighted by atomic mass is 16.5. The molecule has 25 heavy (non-hydrogen) atoms. The van der Waals surface area contributed by atoms with Crippen molar-refractivity contribution in [1.82, 2.24) is 0 Å². The Labute approximate surface area is 149 Å². The van der Waals surface area contributed by atoms with Gasteiger partial charge >= 0.3 is 5.97 Å². The van der Waals surface area contributed by atoms with Gasteiger partial charge in [-0.2, -0.15) is 0 Å². The number of amides is 1. The van der Waals surface area contributed by atoms with Crippen LogP contribution in [-0.4, -0.2) is 45.2 Å². The summed E-state index contributed by atoms with van der Waals surface area (Å²) in [5.74, 6) is 0.485. The third-order valence-corrected chi connectivity index (χ3v) is 4.57. The van der Waals surface area contributed by atoms with Crippen molar-refractivity contribution < 1.29 is 24.0 Å². The molecule has 1 aliphatic heterocycles. The zero-order valence-electron chi connectivity index (χ0n) is 15.4. The van der Waals surface area contributed by atoms with Gasteiger partial charge in [0.2, 0.25) is 5.91 Å². The van der Waals surface area contributed by atoms with Crippen LogP contribution in [0.2, 0.25) is 0 Å². The molecule has 6 nitrogen and oxygen atoms in total. The minimum Gasteiger partial charge on any atom is -0.495 e. The second kappa shape index (κ2) is 9.42. The van der Waals surface area contributed by atoms with E-state index >= 15 is 0 Å². The van der Waals surface area contributed by atoms with E-state index in [0.717, 1.165) is 38.0 Å². The van der Waals surface area contributed by atoms with Gasteiger partial charge < -0.3 is 19.7 Å². The number of likely N-dealkylation sites (tertiary alicyclic amines) is 1. The van der Waals surface area contributed by atoms with Crippen molar-refractivity contribution in [3.63, 3.8) is 0 Å². The molecule has 2 N–H and O–H groups in total. The minimum absolute atomic E-state index is 0.0327. The number of rotatable bonds is 7. The number of methoxy groups -OCH3 is 1. The molecule has 1 unspecified atom stereocenters. The van der Waals surface area contributed by atoms with Gasteiger partial charge in [0.15, 0.2) is 0 Å². The predicted molar refractivity (Wildman–Crippen MR) is 95.9 cm³/mol. The Morgan fingerprint density at radius 2 is 2.16 bits per heavy atom. The number of esters is 1. The highest BCUT2D eigenvalue weighted by Gasteiger charge is 2.29. The van der Waals surface area contributed by atoms with Crippen LogP contribution in [0.4, 0.5) is 5.69 Å². The van der Waals surface area contributed by atoms with E-state index in [1.807, 2.05) is 32.0 Å². The lowest BCUT2D eigenvalue weighted by Gasteiger charge is -2.28. The highest BCUT2D eigenvalue weighted by molar-refractivity contribution is 5.92. The molecule has 0 radical (unpaired) electrons. The Kier molecular flexibility index (Phi) is 7.25. The molecule has 1 heterocycles. The first-order chi connectivity index (χ1) is 12.0. The molecule has 0 aromatic heterocycles. The lowest BCUT2D eigenvalue weighted by atomic mass is 9.98. The molecular weight excluding hydrogens is 320 g/mol.